The molecule has 0 aliphatic heterocycles. The van der Waals surface area contributed by atoms with Gasteiger partial charge in [0.25, 0.3) is 11.4 Å². The van der Waals surface area contributed by atoms with E-state index < -0.39 is 32.8 Å². The highest BCUT2D eigenvalue weighted by Gasteiger charge is 2.23. The maximum atomic E-state index is 10.5. The smallest absolute Gasteiger partial charge is 0.342 e. The lowest BCUT2D eigenvalue weighted by Crippen LogP contribution is -2.03. The van der Waals surface area contributed by atoms with Crippen LogP contribution < -0.4 is 5.73 Å². The number of carbonyl (C=O) groups is 1. The molecule has 1 aromatic carbocycles. The first-order valence-corrected chi connectivity index (χ1v) is 4.17. The molecule has 9 heteroatoms. The van der Waals surface area contributed by atoms with Gasteiger partial charge in [-0.2, -0.15) is 0 Å². The summed E-state index contributed by atoms with van der Waals surface area (Å²) in [5, 5.41) is 29.3. The van der Waals surface area contributed by atoms with Crippen LogP contribution in [0.15, 0.2) is 18.2 Å². The Morgan fingerprint density at radius 1 is 1.24 bits per heavy atom. The van der Waals surface area contributed by atoms with Crippen LogP contribution in [-0.4, -0.2) is 28.0 Å². The summed E-state index contributed by atoms with van der Waals surface area (Å²) >= 11 is 0. The molecule has 0 aromatic heterocycles. The molecule has 3 N–H and O–H groups in total. The number of nitrogens with zero attached hydrogens (tertiary/aromatic N) is 2. The Labute approximate surface area is 94.8 Å². The van der Waals surface area contributed by atoms with E-state index >= 15 is 0 Å². The number of carboxylic acid groups (broad SMARTS) is 1. The van der Waals surface area contributed by atoms with Crippen LogP contribution >= 0.6 is 0 Å². The molecule has 0 aliphatic rings. The van der Waals surface area contributed by atoms with E-state index in [1.165, 1.54) is 7.05 Å². The van der Waals surface area contributed by atoms with Crippen LogP contribution in [0.5, 0.6) is 0 Å². The average molecular weight is 243 g/mol. The van der Waals surface area contributed by atoms with Gasteiger partial charge < -0.3 is 10.8 Å². The van der Waals surface area contributed by atoms with Gasteiger partial charge in [-0.15, -0.1) is 0 Å². The fourth-order valence-electron chi connectivity index (χ4n) is 0.965. The van der Waals surface area contributed by atoms with Gasteiger partial charge in [0.05, 0.1) is 15.9 Å². The van der Waals surface area contributed by atoms with Crippen molar-refractivity contribution >= 4 is 17.3 Å². The third kappa shape index (κ3) is 3.50. The van der Waals surface area contributed by atoms with Gasteiger partial charge in [-0.1, -0.05) is 0 Å². The lowest BCUT2D eigenvalue weighted by Gasteiger charge is -1.97. The molecular weight excluding hydrogens is 234 g/mol. The quantitative estimate of drug-likeness (QED) is 0.587. The number of hydrogen-bond acceptors (Lipinski definition) is 6. The Bertz CT molecular complexity index is 459. The number of nitrogens with two attached hydrogens (primary N) is 1. The standard InChI is InChI=1S/C7H4N2O6.CH5N/c10-7(11)5-2-1-4(8(12)13)3-6(5)9(14)15;1-2/h1-3H,(H,10,11);2H2,1H3. The Morgan fingerprint density at radius 2 is 1.76 bits per heavy atom. The molecule has 0 radical (unpaired) electrons. The molecule has 17 heavy (non-hydrogen) atoms. The van der Waals surface area contributed by atoms with E-state index in [1.54, 1.807) is 0 Å². The highest BCUT2D eigenvalue weighted by molar-refractivity contribution is 5.92. The Hall–Kier alpha value is -2.55. The number of nitro benzene ring substituents is 2. The summed E-state index contributed by atoms with van der Waals surface area (Å²) < 4.78 is 0. The van der Waals surface area contributed by atoms with Gasteiger partial charge in [-0.25, -0.2) is 4.79 Å². The number of hydrogen-bond donors (Lipinski definition) is 2. The summed E-state index contributed by atoms with van der Waals surface area (Å²) in [5.74, 6) is -1.50. The van der Waals surface area contributed by atoms with E-state index in [0.717, 1.165) is 12.1 Å². The van der Waals surface area contributed by atoms with Crippen molar-refractivity contribution in [1.82, 2.24) is 0 Å². The van der Waals surface area contributed by atoms with E-state index in [2.05, 4.69) is 5.73 Å². The first kappa shape index (κ1) is 14.5. The number of carboxylic acids is 1. The molecule has 1 aromatic rings. The van der Waals surface area contributed by atoms with Crippen molar-refractivity contribution in [2.24, 2.45) is 5.73 Å². The van der Waals surface area contributed by atoms with Crippen molar-refractivity contribution < 1.29 is 19.7 Å². The summed E-state index contributed by atoms with van der Waals surface area (Å²) in [7, 11) is 1.50. The molecule has 0 bridgehead atoms. The zero-order valence-electron chi connectivity index (χ0n) is 8.69. The molecule has 0 fully saturated rings. The first-order chi connectivity index (χ1) is 7.93. The van der Waals surface area contributed by atoms with Crippen molar-refractivity contribution in [2.75, 3.05) is 7.05 Å². The molecule has 0 aliphatic carbocycles. The molecule has 1 rings (SSSR count). The highest BCUT2D eigenvalue weighted by atomic mass is 16.6. The van der Waals surface area contributed by atoms with Gasteiger partial charge in [-0.05, 0) is 13.1 Å². The van der Waals surface area contributed by atoms with Crippen LogP contribution in [0.1, 0.15) is 10.4 Å². The summed E-state index contributed by atoms with van der Waals surface area (Å²) in [6, 6.07) is 2.35. The van der Waals surface area contributed by atoms with Gasteiger partial charge in [-0.3, -0.25) is 20.2 Å². The molecule has 0 amide bonds. The predicted molar refractivity (Wildman–Crippen MR) is 56.8 cm³/mol. The monoisotopic (exact) mass is 243 g/mol. The SMILES string of the molecule is CN.O=C(O)c1ccc([N+](=O)[O-])cc1[N+](=O)[O-]. The van der Waals surface area contributed by atoms with Gasteiger partial charge in [0, 0.05) is 6.07 Å². The zero-order chi connectivity index (χ0) is 13.6. The van der Waals surface area contributed by atoms with E-state index in [1.807, 2.05) is 0 Å². The minimum absolute atomic E-state index is 0.522. The molecule has 0 spiro atoms. The average Bonchev–Trinajstić information content (AvgIpc) is 2.30. The van der Waals surface area contributed by atoms with Crippen molar-refractivity contribution in [3.8, 4) is 0 Å². The Balaban J connectivity index is 0.00000121. The second kappa shape index (κ2) is 6.12. The number of non-ortho nitro benzene ring substituents is 1. The first-order valence-electron chi connectivity index (χ1n) is 4.17. The van der Waals surface area contributed by atoms with Crippen LogP contribution in [0, 0.1) is 20.2 Å². The van der Waals surface area contributed by atoms with Crippen LogP contribution in [0.2, 0.25) is 0 Å². The number of benzene rings is 1. The third-order valence-electron chi connectivity index (χ3n) is 1.62. The van der Waals surface area contributed by atoms with Crippen LogP contribution in [0.4, 0.5) is 11.4 Å². The fraction of sp³-hybridized carbons (Fsp3) is 0.125. The maximum Gasteiger partial charge on any atom is 0.342 e. The van der Waals surface area contributed by atoms with Gasteiger partial charge in [0.1, 0.15) is 5.56 Å². The van der Waals surface area contributed by atoms with Crippen molar-refractivity contribution in [3.63, 3.8) is 0 Å². The van der Waals surface area contributed by atoms with Gasteiger partial charge >= 0.3 is 5.97 Å². The van der Waals surface area contributed by atoms with E-state index in [0.29, 0.717) is 6.07 Å². The van der Waals surface area contributed by atoms with Crippen molar-refractivity contribution in [2.45, 2.75) is 0 Å². The predicted octanol–water partition coefficient (Wildman–Crippen LogP) is 0.776. The molecule has 92 valence electrons. The van der Waals surface area contributed by atoms with E-state index in [4.69, 9.17) is 5.11 Å². The minimum Gasteiger partial charge on any atom is -0.477 e. The summed E-state index contributed by atoms with van der Waals surface area (Å²) in [5.41, 5.74) is 2.61. The topological polar surface area (TPSA) is 150 Å². The molecule has 0 saturated heterocycles. The summed E-state index contributed by atoms with van der Waals surface area (Å²) in [4.78, 5) is 29.4. The van der Waals surface area contributed by atoms with Gasteiger partial charge in [0.15, 0.2) is 0 Å². The third-order valence-corrected chi connectivity index (χ3v) is 1.62. The largest absolute Gasteiger partial charge is 0.477 e. The molecule has 9 nitrogen and oxygen atoms in total. The molecule has 0 unspecified atom stereocenters. The zero-order valence-corrected chi connectivity index (χ0v) is 8.69. The van der Waals surface area contributed by atoms with Crippen LogP contribution in [0.25, 0.3) is 0 Å². The highest BCUT2D eigenvalue weighted by Crippen LogP contribution is 2.24. The van der Waals surface area contributed by atoms with Crippen molar-refractivity contribution in [3.05, 3.63) is 44.0 Å². The lowest BCUT2D eigenvalue weighted by atomic mass is 10.1. The number of nitro groups is 2. The van der Waals surface area contributed by atoms with Crippen LogP contribution in [-0.2, 0) is 0 Å². The van der Waals surface area contributed by atoms with Crippen LogP contribution in [0.3, 0.4) is 0 Å². The Kier molecular flexibility index (Phi) is 5.21. The fourth-order valence-corrected chi connectivity index (χ4v) is 0.965. The van der Waals surface area contributed by atoms with Crippen molar-refractivity contribution in [1.29, 1.82) is 0 Å². The second-order valence-corrected chi connectivity index (χ2v) is 2.52. The number of aromatic carboxylic acids is 1. The lowest BCUT2D eigenvalue weighted by molar-refractivity contribution is -0.394. The maximum absolute atomic E-state index is 10.5. The molecule has 0 saturated carbocycles. The van der Waals surface area contributed by atoms with E-state index in [9.17, 15) is 25.0 Å². The molecule has 0 atom stereocenters. The van der Waals surface area contributed by atoms with E-state index in [-0.39, 0.29) is 0 Å². The minimum atomic E-state index is -1.50. The Morgan fingerprint density at radius 3 is 2.12 bits per heavy atom. The van der Waals surface area contributed by atoms with Gasteiger partial charge in [0.2, 0.25) is 0 Å². The number of rotatable bonds is 3. The second-order valence-electron chi connectivity index (χ2n) is 2.52. The summed E-state index contributed by atoms with van der Waals surface area (Å²) in [6.45, 7) is 0. The summed E-state index contributed by atoms with van der Waals surface area (Å²) in [6.07, 6.45) is 0. The molecule has 0 heterocycles. The normalized spacial score (nSPS) is 8.82. The molecular formula is C8H9N3O6.